The maximum absolute atomic E-state index is 12.4. The van der Waals surface area contributed by atoms with Crippen molar-refractivity contribution < 1.29 is 14.3 Å². The summed E-state index contributed by atoms with van der Waals surface area (Å²) in [4.78, 5) is 26.0. The molecule has 0 aromatic carbocycles. The molecule has 0 aromatic rings. The van der Waals surface area contributed by atoms with Crippen LogP contribution in [0.15, 0.2) is 12.2 Å². The maximum Gasteiger partial charge on any atom is 0.247 e. The van der Waals surface area contributed by atoms with E-state index >= 15 is 0 Å². The van der Waals surface area contributed by atoms with Crippen LogP contribution in [-0.4, -0.2) is 48.6 Å². The largest absolute Gasteiger partial charge is 0.376 e. The van der Waals surface area contributed by atoms with Gasteiger partial charge in [-0.15, -0.1) is 0 Å². The second-order valence-electron chi connectivity index (χ2n) is 6.11. The zero-order chi connectivity index (χ0) is 15.2. The number of hydrogen-bond donors (Lipinski definition) is 1. The zero-order valence-corrected chi connectivity index (χ0v) is 12.9. The molecule has 5 nitrogen and oxygen atoms in total. The van der Waals surface area contributed by atoms with Gasteiger partial charge in [0.1, 0.15) is 0 Å². The average molecular weight is 294 g/mol. The zero-order valence-electron chi connectivity index (χ0n) is 12.9. The van der Waals surface area contributed by atoms with E-state index in [1.165, 1.54) is 11.3 Å². The van der Waals surface area contributed by atoms with Crippen LogP contribution in [0.2, 0.25) is 0 Å². The van der Waals surface area contributed by atoms with Crippen LogP contribution >= 0.6 is 0 Å². The van der Waals surface area contributed by atoms with Crippen LogP contribution in [0.3, 0.4) is 0 Å². The molecule has 0 aromatic heterocycles. The minimum Gasteiger partial charge on any atom is -0.376 e. The topological polar surface area (TPSA) is 58.6 Å². The molecule has 1 heterocycles. The summed E-state index contributed by atoms with van der Waals surface area (Å²) in [6, 6.07) is -0.238. The Bertz CT molecular complexity index is 402. The Morgan fingerprint density at radius 2 is 2.05 bits per heavy atom. The van der Waals surface area contributed by atoms with Gasteiger partial charge in [0.2, 0.25) is 11.8 Å². The van der Waals surface area contributed by atoms with Gasteiger partial charge in [0.05, 0.1) is 25.7 Å². The number of hydrogen-bond acceptors (Lipinski definition) is 4. The smallest absolute Gasteiger partial charge is 0.247 e. The molecule has 21 heavy (non-hydrogen) atoms. The first kappa shape index (κ1) is 16.2. The number of carbonyl (C=O) groups excluding carboxylic acids is 2. The van der Waals surface area contributed by atoms with Crippen LogP contribution in [0.4, 0.5) is 0 Å². The lowest BCUT2D eigenvalue weighted by Crippen LogP contribution is -2.45. The molecule has 0 radical (unpaired) electrons. The van der Waals surface area contributed by atoms with Crippen molar-refractivity contribution in [1.29, 1.82) is 0 Å². The van der Waals surface area contributed by atoms with Crippen molar-refractivity contribution in [2.24, 2.45) is 0 Å². The lowest BCUT2D eigenvalue weighted by atomic mass is 9.94. The fourth-order valence-electron chi connectivity index (χ4n) is 3.09. The fraction of sp³-hybridized carbons (Fsp3) is 0.750. The van der Waals surface area contributed by atoms with E-state index < -0.39 is 0 Å². The highest BCUT2D eigenvalue weighted by atomic mass is 16.5. The van der Waals surface area contributed by atoms with Gasteiger partial charge in [-0.1, -0.05) is 31.4 Å². The number of nitrogens with one attached hydrogen (secondary N) is 1. The Labute approximate surface area is 126 Å². The van der Waals surface area contributed by atoms with Gasteiger partial charge in [-0.05, 0) is 19.8 Å². The summed E-state index contributed by atoms with van der Waals surface area (Å²) >= 11 is 0. The Hall–Kier alpha value is -1.20. The number of likely N-dealkylation sites (tertiary alicyclic amines) is 1. The first-order valence-electron chi connectivity index (χ1n) is 7.91. The molecule has 2 fully saturated rings. The van der Waals surface area contributed by atoms with E-state index in [1.54, 1.807) is 0 Å². The van der Waals surface area contributed by atoms with E-state index in [-0.39, 0.29) is 30.3 Å². The van der Waals surface area contributed by atoms with Gasteiger partial charge in [0.15, 0.2) is 0 Å². The minimum absolute atomic E-state index is 0.0211. The predicted molar refractivity (Wildman–Crippen MR) is 80.8 cm³/mol. The molecule has 1 unspecified atom stereocenters. The summed E-state index contributed by atoms with van der Waals surface area (Å²) in [5.41, 5.74) is 0.977. The van der Waals surface area contributed by atoms with E-state index in [2.05, 4.69) is 11.9 Å². The van der Waals surface area contributed by atoms with Gasteiger partial charge in [-0.3, -0.25) is 14.5 Å². The lowest BCUT2D eigenvalue weighted by Gasteiger charge is -2.29. The van der Waals surface area contributed by atoms with Crippen LogP contribution in [0, 0.1) is 0 Å². The summed E-state index contributed by atoms with van der Waals surface area (Å²) in [5, 5.41) is 3.14. The molecule has 1 atom stereocenters. The number of amides is 2. The Balaban J connectivity index is 1.76. The summed E-state index contributed by atoms with van der Waals surface area (Å²) in [7, 11) is 0. The monoisotopic (exact) mass is 294 g/mol. The normalized spacial score (nSPS) is 23.9. The summed E-state index contributed by atoms with van der Waals surface area (Å²) < 4.78 is 5.39. The van der Waals surface area contributed by atoms with Crippen molar-refractivity contribution in [3.8, 4) is 0 Å². The number of nitrogens with zero attached hydrogens (tertiary/aromatic N) is 1. The van der Waals surface area contributed by atoms with E-state index in [0.717, 1.165) is 31.3 Å². The molecule has 1 saturated carbocycles. The molecule has 2 aliphatic rings. The van der Waals surface area contributed by atoms with E-state index in [4.69, 9.17) is 4.74 Å². The summed E-state index contributed by atoms with van der Waals surface area (Å²) in [6.45, 7) is 7.31. The summed E-state index contributed by atoms with van der Waals surface area (Å²) in [5.74, 6) is -0.0703. The standard InChI is InChI=1S/C16H26N2O3/c1-12(2)11-21-9-8-17-14-10-15(19)18(16(14)20)13-6-4-3-5-7-13/h13-14,17H,1,3-11H2,2H3. The van der Waals surface area contributed by atoms with Gasteiger partial charge in [-0.2, -0.15) is 0 Å². The van der Waals surface area contributed by atoms with Gasteiger partial charge in [0.25, 0.3) is 0 Å². The molecule has 2 amide bonds. The highest BCUT2D eigenvalue weighted by Gasteiger charge is 2.42. The van der Waals surface area contributed by atoms with Crippen molar-refractivity contribution in [2.75, 3.05) is 19.8 Å². The van der Waals surface area contributed by atoms with Gasteiger partial charge < -0.3 is 10.1 Å². The SMILES string of the molecule is C=C(C)COCCNC1CC(=O)N(C2CCCCC2)C1=O. The average Bonchev–Trinajstić information content (AvgIpc) is 2.74. The number of ether oxygens (including phenoxy) is 1. The minimum atomic E-state index is -0.368. The van der Waals surface area contributed by atoms with Crippen molar-refractivity contribution >= 4 is 11.8 Å². The number of carbonyl (C=O) groups is 2. The fourth-order valence-corrected chi connectivity index (χ4v) is 3.09. The van der Waals surface area contributed by atoms with Crippen LogP contribution < -0.4 is 5.32 Å². The molecule has 2 rings (SSSR count). The first-order valence-corrected chi connectivity index (χ1v) is 7.91. The van der Waals surface area contributed by atoms with Gasteiger partial charge in [0, 0.05) is 12.6 Å². The number of rotatable bonds is 7. The quantitative estimate of drug-likeness (QED) is 0.440. The Morgan fingerprint density at radius 1 is 1.33 bits per heavy atom. The lowest BCUT2D eigenvalue weighted by molar-refractivity contribution is -0.142. The van der Waals surface area contributed by atoms with E-state index in [1.807, 2.05) is 6.92 Å². The van der Waals surface area contributed by atoms with Crippen LogP contribution in [0.5, 0.6) is 0 Å². The molecule has 1 aliphatic heterocycles. The molecule has 1 aliphatic carbocycles. The van der Waals surface area contributed by atoms with E-state index in [9.17, 15) is 9.59 Å². The highest BCUT2D eigenvalue weighted by molar-refractivity contribution is 6.05. The van der Waals surface area contributed by atoms with Gasteiger partial charge >= 0.3 is 0 Å². The molecule has 0 spiro atoms. The molecule has 1 N–H and O–H groups in total. The molecule has 0 bridgehead atoms. The second kappa shape index (κ2) is 7.71. The van der Waals surface area contributed by atoms with Gasteiger partial charge in [-0.25, -0.2) is 0 Å². The number of imide groups is 1. The third-order valence-electron chi connectivity index (χ3n) is 4.11. The van der Waals surface area contributed by atoms with Crippen molar-refractivity contribution in [3.05, 3.63) is 12.2 Å². The summed E-state index contributed by atoms with van der Waals surface area (Å²) in [6.07, 6.45) is 5.67. The molecular formula is C16H26N2O3. The van der Waals surface area contributed by atoms with E-state index in [0.29, 0.717) is 19.8 Å². The van der Waals surface area contributed by atoms with Crippen molar-refractivity contribution in [3.63, 3.8) is 0 Å². The predicted octanol–water partition coefficient (Wildman–Crippen LogP) is 1.63. The van der Waals surface area contributed by atoms with Crippen LogP contribution in [0.1, 0.15) is 45.4 Å². The molecule has 5 heteroatoms. The second-order valence-corrected chi connectivity index (χ2v) is 6.11. The third-order valence-corrected chi connectivity index (χ3v) is 4.11. The molecular weight excluding hydrogens is 268 g/mol. The van der Waals surface area contributed by atoms with Crippen molar-refractivity contribution in [1.82, 2.24) is 10.2 Å². The molecule has 118 valence electrons. The third kappa shape index (κ3) is 4.38. The highest BCUT2D eigenvalue weighted by Crippen LogP contribution is 2.27. The Morgan fingerprint density at radius 3 is 2.71 bits per heavy atom. The van der Waals surface area contributed by atoms with Crippen LogP contribution in [-0.2, 0) is 14.3 Å². The molecule has 1 saturated heterocycles. The van der Waals surface area contributed by atoms with Crippen LogP contribution in [0.25, 0.3) is 0 Å². The Kier molecular flexibility index (Phi) is 5.94. The maximum atomic E-state index is 12.4. The van der Waals surface area contributed by atoms with Crippen molar-refractivity contribution in [2.45, 2.75) is 57.5 Å². The first-order chi connectivity index (χ1) is 10.1.